The standard InChI is InChI=1S/C16H20N4O2S/c1-19(12-15-17-18-16(20(15)2)14-8-9-14)23(21,22)11-10-13-6-4-3-5-7-13/h3-7,10-11,14H,8-9,12H2,1-2H3/b11-10+. The average Bonchev–Trinajstić information content (AvgIpc) is 3.32. The second-order valence-electron chi connectivity index (χ2n) is 5.82. The van der Waals surface area contributed by atoms with Crippen LogP contribution in [0.2, 0.25) is 0 Å². The second kappa shape index (κ2) is 6.25. The number of benzene rings is 1. The Labute approximate surface area is 136 Å². The molecule has 1 heterocycles. The van der Waals surface area contributed by atoms with E-state index in [4.69, 9.17) is 0 Å². The molecule has 1 fully saturated rings. The molecule has 0 bridgehead atoms. The highest BCUT2D eigenvalue weighted by Gasteiger charge is 2.29. The Morgan fingerprint density at radius 1 is 1.26 bits per heavy atom. The highest BCUT2D eigenvalue weighted by atomic mass is 32.2. The van der Waals surface area contributed by atoms with Crippen molar-refractivity contribution in [3.05, 3.63) is 53.0 Å². The predicted octanol–water partition coefficient (Wildman–Crippen LogP) is 2.12. The van der Waals surface area contributed by atoms with Gasteiger partial charge in [-0.1, -0.05) is 30.3 Å². The molecule has 6 nitrogen and oxygen atoms in total. The number of hydrogen-bond donors (Lipinski definition) is 0. The molecule has 23 heavy (non-hydrogen) atoms. The van der Waals surface area contributed by atoms with E-state index in [-0.39, 0.29) is 6.54 Å². The summed E-state index contributed by atoms with van der Waals surface area (Å²) in [5.41, 5.74) is 0.846. The summed E-state index contributed by atoms with van der Waals surface area (Å²) >= 11 is 0. The molecule has 1 aromatic carbocycles. The van der Waals surface area contributed by atoms with Gasteiger partial charge >= 0.3 is 0 Å². The molecule has 7 heteroatoms. The van der Waals surface area contributed by atoms with E-state index in [1.165, 1.54) is 9.71 Å². The van der Waals surface area contributed by atoms with Gasteiger partial charge in [-0.25, -0.2) is 8.42 Å². The Morgan fingerprint density at radius 3 is 2.61 bits per heavy atom. The maximum Gasteiger partial charge on any atom is 0.236 e. The van der Waals surface area contributed by atoms with Crippen molar-refractivity contribution in [3.8, 4) is 0 Å². The van der Waals surface area contributed by atoms with E-state index >= 15 is 0 Å². The van der Waals surface area contributed by atoms with Gasteiger partial charge in [-0.05, 0) is 24.5 Å². The zero-order valence-corrected chi connectivity index (χ0v) is 14.1. The third-order valence-electron chi connectivity index (χ3n) is 3.97. The van der Waals surface area contributed by atoms with Crippen molar-refractivity contribution in [3.63, 3.8) is 0 Å². The molecule has 0 spiro atoms. The fourth-order valence-corrected chi connectivity index (χ4v) is 3.16. The van der Waals surface area contributed by atoms with E-state index in [1.807, 2.05) is 41.9 Å². The molecule has 0 saturated heterocycles. The minimum atomic E-state index is -3.50. The van der Waals surface area contributed by atoms with Crippen LogP contribution in [0.4, 0.5) is 0 Å². The lowest BCUT2D eigenvalue weighted by atomic mass is 10.2. The fourth-order valence-electron chi connectivity index (χ4n) is 2.33. The van der Waals surface area contributed by atoms with Gasteiger partial charge in [0, 0.05) is 25.4 Å². The second-order valence-corrected chi connectivity index (χ2v) is 7.75. The molecule has 0 atom stereocenters. The highest BCUT2D eigenvalue weighted by molar-refractivity contribution is 7.92. The van der Waals surface area contributed by atoms with Crippen molar-refractivity contribution in [1.29, 1.82) is 0 Å². The molecule has 0 N–H and O–H groups in total. The third kappa shape index (κ3) is 3.68. The first-order chi connectivity index (χ1) is 11.0. The Kier molecular flexibility index (Phi) is 4.32. The lowest BCUT2D eigenvalue weighted by Gasteiger charge is -2.14. The smallest absolute Gasteiger partial charge is 0.236 e. The zero-order chi connectivity index (χ0) is 16.4. The molecule has 2 aromatic rings. The van der Waals surface area contributed by atoms with Gasteiger partial charge in [-0.15, -0.1) is 10.2 Å². The normalized spacial score (nSPS) is 15.6. The highest BCUT2D eigenvalue weighted by Crippen LogP contribution is 2.38. The van der Waals surface area contributed by atoms with Gasteiger partial charge in [-0.2, -0.15) is 4.31 Å². The van der Waals surface area contributed by atoms with Crippen molar-refractivity contribution >= 4 is 16.1 Å². The van der Waals surface area contributed by atoms with Crippen molar-refractivity contribution in [2.75, 3.05) is 7.05 Å². The quantitative estimate of drug-likeness (QED) is 0.812. The minimum Gasteiger partial charge on any atom is -0.317 e. The molecule has 1 aromatic heterocycles. The molecule has 1 aliphatic carbocycles. The van der Waals surface area contributed by atoms with Gasteiger partial charge in [0.25, 0.3) is 0 Å². The predicted molar refractivity (Wildman–Crippen MR) is 88.8 cm³/mol. The Hall–Kier alpha value is -1.99. The molecule has 3 rings (SSSR count). The first-order valence-corrected chi connectivity index (χ1v) is 9.05. The van der Waals surface area contributed by atoms with Crippen molar-refractivity contribution in [2.24, 2.45) is 7.05 Å². The fraction of sp³-hybridized carbons (Fsp3) is 0.375. The van der Waals surface area contributed by atoms with Crippen LogP contribution in [0.15, 0.2) is 35.7 Å². The molecule has 122 valence electrons. The first kappa shape index (κ1) is 15.9. The number of sulfonamides is 1. The van der Waals surface area contributed by atoms with Crippen molar-refractivity contribution in [1.82, 2.24) is 19.1 Å². The molecule has 0 amide bonds. The summed E-state index contributed by atoms with van der Waals surface area (Å²) in [6.07, 6.45) is 3.87. The molecule has 1 saturated carbocycles. The van der Waals surface area contributed by atoms with Gasteiger partial charge in [0.1, 0.15) is 11.6 Å². The average molecular weight is 332 g/mol. The van der Waals surface area contributed by atoms with Crippen LogP contribution in [0.1, 0.15) is 36.0 Å². The number of nitrogens with zero attached hydrogens (tertiary/aromatic N) is 4. The number of hydrogen-bond acceptors (Lipinski definition) is 4. The maximum absolute atomic E-state index is 12.4. The van der Waals surface area contributed by atoms with Gasteiger partial charge in [0.15, 0.2) is 0 Å². The lowest BCUT2D eigenvalue weighted by Crippen LogP contribution is -2.26. The molecule has 0 radical (unpaired) electrons. The van der Waals surface area contributed by atoms with E-state index in [0.717, 1.165) is 24.2 Å². The Bertz CT molecular complexity index is 808. The summed E-state index contributed by atoms with van der Waals surface area (Å²) in [6, 6.07) is 9.35. The summed E-state index contributed by atoms with van der Waals surface area (Å²) in [4.78, 5) is 0. The van der Waals surface area contributed by atoms with Crippen LogP contribution >= 0.6 is 0 Å². The molecule has 0 aliphatic heterocycles. The van der Waals surface area contributed by atoms with Gasteiger partial charge in [0.2, 0.25) is 10.0 Å². The molecule has 0 unspecified atom stereocenters. The zero-order valence-electron chi connectivity index (χ0n) is 13.3. The van der Waals surface area contributed by atoms with Crippen LogP contribution in [0.3, 0.4) is 0 Å². The van der Waals surface area contributed by atoms with Crippen molar-refractivity contribution < 1.29 is 8.42 Å². The van der Waals surface area contributed by atoms with Crippen LogP contribution in [-0.4, -0.2) is 34.5 Å². The lowest BCUT2D eigenvalue weighted by molar-refractivity contribution is 0.457. The summed E-state index contributed by atoms with van der Waals surface area (Å²) < 4.78 is 27.9. The summed E-state index contributed by atoms with van der Waals surface area (Å²) in [6.45, 7) is 0.206. The van der Waals surface area contributed by atoms with E-state index in [9.17, 15) is 8.42 Å². The SMILES string of the molecule is CN(Cc1nnc(C2CC2)n1C)S(=O)(=O)/C=C/c1ccccc1. The summed E-state index contributed by atoms with van der Waals surface area (Å²) in [5, 5.41) is 9.53. The van der Waals surface area contributed by atoms with Gasteiger partial charge in [-0.3, -0.25) is 0 Å². The third-order valence-corrected chi connectivity index (χ3v) is 5.45. The van der Waals surface area contributed by atoms with E-state index in [1.54, 1.807) is 13.1 Å². The van der Waals surface area contributed by atoms with Gasteiger partial charge < -0.3 is 4.57 Å². The number of aromatic nitrogens is 3. The monoisotopic (exact) mass is 332 g/mol. The summed E-state index contributed by atoms with van der Waals surface area (Å²) in [5.74, 6) is 2.10. The minimum absolute atomic E-state index is 0.206. The maximum atomic E-state index is 12.4. The Balaban J connectivity index is 1.71. The van der Waals surface area contributed by atoms with Crippen LogP contribution < -0.4 is 0 Å². The van der Waals surface area contributed by atoms with Crippen LogP contribution in [-0.2, 0) is 23.6 Å². The van der Waals surface area contributed by atoms with Crippen LogP contribution in [0, 0.1) is 0 Å². The molecule has 1 aliphatic rings. The van der Waals surface area contributed by atoms with E-state index in [0.29, 0.717) is 11.7 Å². The largest absolute Gasteiger partial charge is 0.317 e. The van der Waals surface area contributed by atoms with E-state index < -0.39 is 10.0 Å². The molecular weight excluding hydrogens is 312 g/mol. The van der Waals surface area contributed by atoms with E-state index in [2.05, 4.69) is 10.2 Å². The Morgan fingerprint density at radius 2 is 1.96 bits per heavy atom. The van der Waals surface area contributed by atoms with Crippen LogP contribution in [0.25, 0.3) is 6.08 Å². The van der Waals surface area contributed by atoms with Crippen LogP contribution in [0.5, 0.6) is 0 Å². The summed E-state index contributed by atoms with van der Waals surface area (Å²) in [7, 11) is -0.0533. The first-order valence-electron chi connectivity index (χ1n) is 7.55. The molecular formula is C16H20N4O2S. The number of rotatable bonds is 6. The topological polar surface area (TPSA) is 68.1 Å². The van der Waals surface area contributed by atoms with Gasteiger partial charge in [0.05, 0.1) is 6.54 Å². The van der Waals surface area contributed by atoms with Crippen molar-refractivity contribution in [2.45, 2.75) is 25.3 Å².